The van der Waals surface area contributed by atoms with E-state index in [0.29, 0.717) is 12.1 Å². The molecule has 0 aliphatic rings. The minimum Gasteiger partial charge on any atom is -0.494 e. The second-order valence-corrected chi connectivity index (χ2v) is 4.36. The molecule has 1 amide bonds. The minimum absolute atomic E-state index is 0.0220. The lowest BCUT2D eigenvalue weighted by Gasteiger charge is -2.19. The van der Waals surface area contributed by atoms with Crippen LogP contribution in [0.2, 0.25) is 0 Å². The summed E-state index contributed by atoms with van der Waals surface area (Å²) in [6.07, 6.45) is 0.0220. The third-order valence-corrected chi connectivity index (χ3v) is 2.93. The Bertz CT molecular complexity index is 504. The van der Waals surface area contributed by atoms with Gasteiger partial charge in [0, 0.05) is 6.54 Å². The van der Waals surface area contributed by atoms with Gasteiger partial charge in [-0.1, -0.05) is 6.07 Å². The number of likely N-dealkylation sites (N-methyl/N-ethyl adjacent to an activating group) is 1. The molecule has 0 fully saturated rings. The average molecular weight is 297 g/mol. The van der Waals surface area contributed by atoms with E-state index >= 15 is 0 Å². The molecule has 0 radical (unpaired) electrons. The third-order valence-electron chi connectivity index (χ3n) is 2.93. The van der Waals surface area contributed by atoms with Gasteiger partial charge in [0.15, 0.2) is 11.6 Å². The molecule has 0 saturated carbocycles. The number of esters is 1. The maximum Gasteiger partial charge on any atom is 0.325 e. The molecule has 0 N–H and O–H groups in total. The van der Waals surface area contributed by atoms with Crippen molar-refractivity contribution in [2.45, 2.75) is 20.3 Å². The van der Waals surface area contributed by atoms with Crippen LogP contribution in [0.3, 0.4) is 0 Å². The summed E-state index contributed by atoms with van der Waals surface area (Å²) in [5, 5.41) is 0. The van der Waals surface area contributed by atoms with Gasteiger partial charge < -0.3 is 14.4 Å². The molecule has 0 heterocycles. The molecular weight excluding hydrogens is 277 g/mol. The van der Waals surface area contributed by atoms with E-state index < -0.39 is 11.8 Å². The summed E-state index contributed by atoms with van der Waals surface area (Å²) in [6, 6.07) is 4.35. The molecular formula is C15H20FNO4. The van der Waals surface area contributed by atoms with Crippen molar-refractivity contribution in [2.75, 3.05) is 26.8 Å². The van der Waals surface area contributed by atoms with Gasteiger partial charge in [-0.2, -0.15) is 0 Å². The fraction of sp³-hybridized carbons (Fsp3) is 0.467. The Balaban J connectivity index is 2.69. The molecule has 0 saturated heterocycles. The van der Waals surface area contributed by atoms with Crippen molar-refractivity contribution in [2.24, 2.45) is 0 Å². The number of benzene rings is 1. The monoisotopic (exact) mass is 297 g/mol. The number of hydrogen-bond donors (Lipinski definition) is 0. The molecule has 1 aromatic rings. The first-order valence-corrected chi connectivity index (χ1v) is 6.77. The lowest BCUT2D eigenvalue weighted by molar-refractivity contribution is -0.148. The van der Waals surface area contributed by atoms with Gasteiger partial charge in [-0.25, -0.2) is 4.39 Å². The molecule has 0 aromatic heterocycles. The fourth-order valence-electron chi connectivity index (χ4n) is 1.85. The van der Waals surface area contributed by atoms with Crippen molar-refractivity contribution in [1.82, 2.24) is 4.90 Å². The van der Waals surface area contributed by atoms with Gasteiger partial charge in [0.25, 0.3) is 0 Å². The fourth-order valence-corrected chi connectivity index (χ4v) is 1.85. The van der Waals surface area contributed by atoms with Crippen molar-refractivity contribution in [3.8, 4) is 5.75 Å². The quantitative estimate of drug-likeness (QED) is 0.720. The number of methoxy groups -OCH3 is 1. The van der Waals surface area contributed by atoms with Crippen molar-refractivity contribution >= 4 is 11.9 Å². The van der Waals surface area contributed by atoms with E-state index in [1.54, 1.807) is 19.9 Å². The van der Waals surface area contributed by atoms with Crippen LogP contribution in [0.15, 0.2) is 18.2 Å². The summed E-state index contributed by atoms with van der Waals surface area (Å²) >= 11 is 0. The summed E-state index contributed by atoms with van der Waals surface area (Å²) in [5.41, 5.74) is 0.528. The lowest BCUT2D eigenvalue weighted by Crippen LogP contribution is -2.37. The van der Waals surface area contributed by atoms with Crippen molar-refractivity contribution in [1.29, 1.82) is 0 Å². The van der Waals surface area contributed by atoms with Crippen LogP contribution in [0.5, 0.6) is 5.75 Å². The summed E-state index contributed by atoms with van der Waals surface area (Å²) in [5.74, 6) is -1.09. The van der Waals surface area contributed by atoms with Crippen molar-refractivity contribution < 1.29 is 23.5 Å². The SMILES string of the molecule is CCOC(=O)CN(CC)C(=O)Cc1ccc(OC)c(F)c1. The summed E-state index contributed by atoms with van der Waals surface area (Å²) in [7, 11) is 1.38. The Labute approximate surface area is 123 Å². The van der Waals surface area contributed by atoms with Gasteiger partial charge in [0.05, 0.1) is 20.1 Å². The summed E-state index contributed by atoms with van der Waals surface area (Å²) in [6.45, 7) is 4.04. The van der Waals surface area contributed by atoms with Gasteiger partial charge in [-0.3, -0.25) is 9.59 Å². The zero-order valence-electron chi connectivity index (χ0n) is 12.5. The van der Waals surface area contributed by atoms with E-state index in [1.165, 1.54) is 24.1 Å². The number of ether oxygens (including phenoxy) is 2. The van der Waals surface area contributed by atoms with Crippen LogP contribution in [0, 0.1) is 5.82 Å². The van der Waals surface area contributed by atoms with Gasteiger partial charge >= 0.3 is 5.97 Å². The highest BCUT2D eigenvalue weighted by Crippen LogP contribution is 2.18. The maximum absolute atomic E-state index is 13.6. The molecule has 116 valence electrons. The Morgan fingerprint density at radius 2 is 2.00 bits per heavy atom. The summed E-state index contributed by atoms with van der Waals surface area (Å²) in [4.78, 5) is 24.9. The highest BCUT2D eigenvalue weighted by molar-refractivity contribution is 5.83. The molecule has 0 atom stereocenters. The molecule has 0 unspecified atom stereocenters. The van der Waals surface area contributed by atoms with Crippen LogP contribution in [0.1, 0.15) is 19.4 Å². The Hall–Kier alpha value is -2.11. The Morgan fingerprint density at radius 3 is 2.52 bits per heavy atom. The van der Waals surface area contributed by atoms with Crippen LogP contribution >= 0.6 is 0 Å². The lowest BCUT2D eigenvalue weighted by atomic mass is 10.1. The Kier molecular flexibility index (Phi) is 6.65. The van der Waals surface area contributed by atoms with Crippen LogP contribution in [-0.2, 0) is 20.7 Å². The van der Waals surface area contributed by atoms with E-state index in [2.05, 4.69) is 0 Å². The average Bonchev–Trinajstić information content (AvgIpc) is 2.45. The molecule has 1 rings (SSSR count). The standard InChI is InChI=1S/C15H20FNO4/c1-4-17(10-15(19)21-5-2)14(18)9-11-6-7-13(20-3)12(16)8-11/h6-8H,4-5,9-10H2,1-3H3. The van der Waals surface area contributed by atoms with Gasteiger partial charge in [-0.15, -0.1) is 0 Å². The first-order chi connectivity index (χ1) is 10.0. The first kappa shape index (κ1) is 16.9. The van der Waals surface area contributed by atoms with E-state index in [0.717, 1.165) is 0 Å². The highest BCUT2D eigenvalue weighted by Gasteiger charge is 2.17. The first-order valence-electron chi connectivity index (χ1n) is 6.77. The molecule has 6 heteroatoms. The second kappa shape index (κ2) is 8.24. The molecule has 1 aromatic carbocycles. The molecule has 0 spiro atoms. The molecule has 0 aliphatic heterocycles. The topological polar surface area (TPSA) is 55.8 Å². The normalized spacial score (nSPS) is 10.1. The molecule has 0 aliphatic carbocycles. The van der Waals surface area contributed by atoms with E-state index in [1.807, 2.05) is 0 Å². The van der Waals surface area contributed by atoms with Gasteiger partial charge in [0.2, 0.25) is 5.91 Å². The van der Waals surface area contributed by atoms with Crippen molar-refractivity contribution in [3.05, 3.63) is 29.6 Å². The van der Waals surface area contributed by atoms with Crippen molar-refractivity contribution in [3.63, 3.8) is 0 Å². The second-order valence-electron chi connectivity index (χ2n) is 4.36. The minimum atomic E-state index is -0.517. The predicted octanol–water partition coefficient (Wildman–Crippen LogP) is 1.79. The number of carbonyl (C=O) groups is 2. The zero-order chi connectivity index (χ0) is 15.8. The highest BCUT2D eigenvalue weighted by atomic mass is 19.1. The maximum atomic E-state index is 13.6. The zero-order valence-corrected chi connectivity index (χ0v) is 12.5. The number of nitrogens with zero attached hydrogens (tertiary/aromatic N) is 1. The number of halogens is 1. The summed E-state index contributed by atoms with van der Waals surface area (Å²) < 4.78 is 23.2. The van der Waals surface area contributed by atoms with Crippen LogP contribution < -0.4 is 4.74 Å². The largest absolute Gasteiger partial charge is 0.494 e. The number of carbonyl (C=O) groups excluding carboxylic acids is 2. The molecule has 0 bridgehead atoms. The third kappa shape index (κ3) is 5.06. The molecule has 21 heavy (non-hydrogen) atoms. The van der Waals surface area contributed by atoms with Crippen LogP contribution in [0.4, 0.5) is 4.39 Å². The number of hydrogen-bond acceptors (Lipinski definition) is 4. The van der Waals surface area contributed by atoms with E-state index in [4.69, 9.17) is 9.47 Å². The Morgan fingerprint density at radius 1 is 1.29 bits per heavy atom. The van der Waals surface area contributed by atoms with E-state index in [-0.39, 0.29) is 31.2 Å². The van der Waals surface area contributed by atoms with Crippen LogP contribution in [0.25, 0.3) is 0 Å². The predicted molar refractivity (Wildman–Crippen MR) is 75.5 cm³/mol. The van der Waals surface area contributed by atoms with E-state index in [9.17, 15) is 14.0 Å². The van der Waals surface area contributed by atoms with Gasteiger partial charge in [0.1, 0.15) is 6.54 Å². The van der Waals surface area contributed by atoms with Crippen LogP contribution in [-0.4, -0.2) is 43.6 Å². The number of rotatable bonds is 7. The molecule has 5 nitrogen and oxygen atoms in total. The smallest absolute Gasteiger partial charge is 0.325 e. The van der Waals surface area contributed by atoms with Gasteiger partial charge in [-0.05, 0) is 31.5 Å². The number of amides is 1.